The molecule has 0 bridgehead atoms. The van der Waals surface area contributed by atoms with Crippen molar-refractivity contribution in [3.05, 3.63) is 76.9 Å². The molecule has 0 unspecified atom stereocenters. The molecule has 0 atom stereocenters. The fraction of sp³-hybridized carbons (Fsp3) is 0.0526. The topological polar surface area (TPSA) is 119 Å². The predicted octanol–water partition coefficient (Wildman–Crippen LogP) is 4.12. The van der Waals surface area contributed by atoms with E-state index in [1.165, 1.54) is 6.33 Å². The Bertz CT molecular complexity index is 1170. The molecule has 0 amide bonds. The van der Waals surface area contributed by atoms with Crippen LogP contribution in [-0.4, -0.2) is 24.9 Å². The second kappa shape index (κ2) is 7.23. The number of aromatic nitrogens is 4. The lowest BCUT2D eigenvalue weighted by Gasteiger charge is -2.11. The summed E-state index contributed by atoms with van der Waals surface area (Å²) in [5.74, 6) is 0.553. The van der Waals surface area contributed by atoms with E-state index in [0.29, 0.717) is 17.0 Å². The molecule has 0 saturated carbocycles. The number of benzene rings is 1. The van der Waals surface area contributed by atoms with Gasteiger partial charge in [0.2, 0.25) is 11.6 Å². The zero-order valence-electron chi connectivity index (χ0n) is 14.8. The molecule has 3 heterocycles. The molecule has 0 radical (unpaired) electrons. The van der Waals surface area contributed by atoms with Gasteiger partial charge in [0, 0.05) is 17.3 Å². The summed E-state index contributed by atoms with van der Waals surface area (Å²) >= 11 is 0. The molecule has 0 fully saturated rings. The lowest BCUT2D eigenvalue weighted by Crippen LogP contribution is -2.06. The van der Waals surface area contributed by atoms with Crippen molar-refractivity contribution < 1.29 is 4.92 Å². The first-order valence-electron chi connectivity index (χ1n) is 8.42. The van der Waals surface area contributed by atoms with E-state index in [-0.39, 0.29) is 17.3 Å². The molecule has 28 heavy (non-hydrogen) atoms. The molecule has 138 valence electrons. The van der Waals surface area contributed by atoms with E-state index in [1.54, 1.807) is 30.5 Å². The quantitative estimate of drug-likeness (QED) is 0.396. The van der Waals surface area contributed by atoms with Crippen LogP contribution in [0.2, 0.25) is 0 Å². The standard InChI is InChI=1S/C19H15N7O2/c1-12-8-9-13-5-4-6-14(16(13)23-12)24-18-17(26(27)28)19(22-11-21-18)25-15-7-2-3-10-20-15/h2-11H,1H3,(H2,20,21,22,24,25). The minimum absolute atomic E-state index is 0.0468. The van der Waals surface area contributed by atoms with Gasteiger partial charge in [-0.1, -0.05) is 24.3 Å². The van der Waals surface area contributed by atoms with Gasteiger partial charge in [-0.15, -0.1) is 0 Å². The zero-order chi connectivity index (χ0) is 19.5. The van der Waals surface area contributed by atoms with Crippen LogP contribution < -0.4 is 10.6 Å². The Morgan fingerprint density at radius 2 is 1.75 bits per heavy atom. The molecule has 0 spiro atoms. The van der Waals surface area contributed by atoms with Gasteiger partial charge in [0.1, 0.15) is 12.1 Å². The summed E-state index contributed by atoms with van der Waals surface area (Å²) in [5.41, 5.74) is 1.88. The smallest absolute Gasteiger partial charge is 0.332 e. The SMILES string of the molecule is Cc1ccc2cccc(Nc3ncnc(Nc4ccccn4)c3[N+](=O)[O-])c2n1. The normalized spacial score (nSPS) is 10.6. The van der Waals surface area contributed by atoms with E-state index in [9.17, 15) is 10.1 Å². The maximum atomic E-state index is 11.8. The molecule has 9 heteroatoms. The van der Waals surface area contributed by atoms with E-state index in [2.05, 4.69) is 30.6 Å². The van der Waals surface area contributed by atoms with Crippen LogP contribution in [0, 0.1) is 17.0 Å². The van der Waals surface area contributed by atoms with Crippen molar-refractivity contribution in [1.82, 2.24) is 19.9 Å². The molecule has 4 aromatic rings. The number of anilines is 4. The van der Waals surface area contributed by atoms with E-state index in [4.69, 9.17) is 0 Å². The van der Waals surface area contributed by atoms with Crippen molar-refractivity contribution in [2.45, 2.75) is 6.92 Å². The summed E-state index contributed by atoms with van der Waals surface area (Å²) in [7, 11) is 0. The average Bonchev–Trinajstić information content (AvgIpc) is 2.69. The van der Waals surface area contributed by atoms with Crippen molar-refractivity contribution in [1.29, 1.82) is 0 Å². The number of hydrogen-bond donors (Lipinski definition) is 2. The number of fused-ring (bicyclic) bond motifs is 1. The summed E-state index contributed by atoms with van der Waals surface area (Å²) in [6.07, 6.45) is 2.84. The third-order valence-electron chi connectivity index (χ3n) is 4.03. The summed E-state index contributed by atoms with van der Waals surface area (Å²) in [6.45, 7) is 1.89. The average molecular weight is 373 g/mol. The first kappa shape index (κ1) is 17.3. The number of pyridine rings is 2. The van der Waals surface area contributed by atoms with Crippen LogP contribution in [0.25, 0.3) is 10.9 Å². The highest BCUT2D eigenvalue weighted by atomic mass is 16.6. The van der Waals surface area contributed by atoms with Gasteiger partial charge in [-0.3, -0.25) is 15.1 Å². The van der Waals surface area contributed by atoms with Crippen molar-refractivity contribution in [2.75, 3.05) is 10.6 Å². The van der Waals surface area contributed by atoms with Gasteiger partial charge >= 0.3 is 5.69 Å². The molecule has 0 saturated heterocycles. The van der Waals surface area contributed by atoms with E-state index in [0.717, 1.165) is 11.1 Å². The van der Waals surface area contributed by atoms with Crippen LogP contribution in [0.1, 0.15) is 5.69 Å². The molecule has 0 aliphatic heterocycles. The first-order valence-corrected chi connectivity index (χ1v) is 8.42. The molecule has 2 N–H and O–H groups in total. The zero-order valence-corrected chi connectivity index (χ0v) is 14.8. The van der Waals surface area contributed by atoms with Gasteiger partial charge in [0.25, 0.3) is 0 Å². The number of nitrogens with one attached hydrogen (secondary N) is 2. The Morgan fingerprint density at radius 3 is 2.50 bits per heavy atom. The number of rotatable bonds is 5. The van der Waals surface area contributed by atoms with Gasteiger partial charge in [-0.25, -0.2) is 15.0 Å². The van der Waals surface area contributed by atoms with Crippen molar-refractivity contribution in [3.63, 3.8) is 0 Å². The predicted molar refractivity (Wildman–Crippen MR) is 106 cm³/mol. The number of hydrogen-bond acceptors (Lipinski definition) is 8. The largest absolute Gasteiger partial charge is 0.353 e. The van der Waals surface area contributed by atoms with Gasteiger partial charge in [-0.05, 0) is 31.2 Å². The maximum absolute atomic E-state index is 11.8. The van der Waals surface area contributed by atoms with E-state index in [1.807, 2.05) is 31.2 Å². The molecule has 0 aliphatic rings. The Hall–Kier alpha value is -4.14. The highest BCUT2D eigenvalue weighted by Gasteiger charge is 2.24. The molecule has 3 aromatic heterocycles. The van der Waals surface area contributed by atoms with Crippen LogP contribution in [0.5, 0.6) is 0 Å². The molecular formula is C19H15N7O2. The van der Waals surface area contributed by atoms with Gasteiger partial charge in [0.05, 0.1) is 16.1 Å². The highest BCUT2D eigenvalue weighted by Crippen LogP contribution is 2.34. The first-order chi connectivity index (χ1) is 13.6. The van der Waals surface area contributed by atoms with Crippen LogP contribution in [0.3, 0.4) is 0 Å². The Kier molecular flexibility index (Phi) is 4.47. The molecule has 0 aliphatic carbocycles. The van der Waals surface area contributed by atoms with E-state index < -0.39 is 4.92 Å². The number of nitro groups is 1. The van der Waals surface area contributed by atoms with E-state index >= 15 is 0 Å². The van der Waals surface area contributed by atoms with Crippen molar-refractivity contribution in [3.8, 4) is 0 Å². The van der Waals surface area contributed by atoms with Gasteiger partial charge in [0.15, 0.2) is 0 Å². The second-order valence-corrected chi connectivity index (χ2v) is 5.97. The molecule has 1 aromatic carbocycles. The van der Waals surface area contributed by atoms with Crippen LogP contribution in [0.4, 0.5) is 28.8 Å². The van der Waals surface area contributed by atoms with Gasteiger partial charge < -0.3 is 10.6 Å². The number of para-hydroxylation sites is 1. The van der Waals surface area contributed by atoms with Gasteiger partial charge in [-0.2, -0.15) is 0 Å². The summed E-state index contributed by atoms with van der Waals surface area (Å²) in [6, 6.07) is 14.6. The second-order valence-electron chi connectivity index (χ2n) is 5.97. The number of aryl methyl sites for hydroxylation is 1. The highest BCUT2D eigenvalue weighted by molar-refractivity contribution is 5.93. The minimum Gasteiger partial charge on any atom is -0.332 e. The monoisotopic (exact) mass is 373 g/mol. The Labute approximate surface area is 159 Å². The van der Waals surface area contributed by atoms with Crippen LogP contribution in [0.15, 0.2) is 61.1 Å². The third-order valence-corrected chi connectivity index (χ3v) is 4.03. The molecule has 9 nitrogen and oxygen atoms in total. The van der Waals surface area contributed by atoms with Crippen LogP contribution >= 0.6 is 0 Å². The number of nitrogens with zero attached hydrogens (tertiary/aromatic N) is 5. The lowest BCUT2D eigenvalue weighted by atomic mass is 10.1. The molecule has 4 rings (SSSR count). The fourth-order valence-electron chi connectivity index (χ4n) is 2.77. The Morgan fingerprint density at radius 1 is 0.929 bits per heavy atom. The fourth-order valence-corrected chi connectivity index (χ4v) is 2.77. The third kappa shape index (κ3) is 3.40. The maximum Gasteiger partial charge on any atom is 0.353 e. The van der Waals surface area contributed by atoms with Crippen molar-refractivity contribution in [2.24, 2.45) is 0 Å². The summed E-state index contributed by atoms with van der Waals surface area (Å²) in [5, 5.41) is 18.6. The minimum atomic E-state index is -0.530. The van der Waals surface area contributed by atoms with Crippen molar-refractivity contribution >= 4 is 39.7 Å². The van der Waals surface area contributed by atoms with Crippen LogP contribution in [-0.2, 0) is 0 Å². The summed E-state index contributed by atoms with van der Waals surface area (Å²) in [4.78, 5) is 28.0. The summed E-state index contributed by atoms with van der Waals surface area (Å²) < 4.78 is 0. The Balaban J connectivity index is 1.77. The molecular weight excluding hydrogens is 358 g/mol. The lowest BCUT2D eigenvalue weighted by molar-refractivity contribution is -0.383.